The fourth-order valence-electron chi connectivity index (χ4n) is 3.55. The molecule has 1 atom stereocenters. The molecule has 0 N–H and O–H groups in total. The van der Waals surface area contributed by atoms with Crippen LogP contribution in [0, 0.1) is 5.82 Å². The highest BCUT2D eigenvalue weighted by Gasteiger charge is 2.30. The summed E-state index contributed by atoms with van der Waals surface area (Å²) in [6, 6.07) is 13.4. The smallest absolute Gasteiger partial charge is 0.261 e. The molecule has 6 heteroatoms. The van der Waals surface area contributed by atoms with Crippen molar-refractivity contribution in [3.63, 3.8) is 0 Å². The molecule has 27 heavy (non-hydrogen) atoms. The lowest BCUT2D eigenvalue weighted by atomic mass is 10.0. The standard InChI is InChI=1S/C21H18ClFN2O2/c22-17-9-10-19(21-16(17)3-1-11-24-21)27-13-20(26)25-12-2-4-18(25)14-5-7-15(23)8-6-14/h1,3,5-11,18H,2,4,12-13H2/t18-/m0/s1. The molecule has 1 aliphatic heterocycles. The van der Waals surface area contributed by atoms with E-state index in [0.717, 1.165) is 23.8 Å². The molecule has 1 aliphatic rings. The van der Waals surface area contributed by atoms with Crippen LogP contribution < -0.4 is 4.74 Å². The average molecular weight is 385 g/mol. The first-order chi connectivity index (χ1) is 13.1. The maximum atomic E-state index is 13.2. The Bertz CT molecular complexity index is 978. The average Bonchev–Trinajstić information content (AvgIpc) is 3.18. The Morgan fingerprint density at radius 3 is 2.85 bits per heavy atom. The Kier molecular flexibility index (Phi) is 4.94. The van der Waals surface area contributed by atoms with Crippen molar-refractivity contribution in [3.05, 3.63) is 71.1 Å². The third kappa shape index (κ3) is 3.60. The first kappa shape index (κ1) is 17.7. The summed E-state index contributed by atoms with van der Waals surface area (Å²) in [5.74, 6) is 0.154. The summed E-state index contributed by atoms with van der Waals surface area (Å²) in [7, 11) is 0. The second kappa shape index (κ2) is 7.53. The van der Waals surface area contributed by atoms with Crippen molar-refractivity contribution < 1.29 is 13.9 Å². The minimum absolute atomic E-state index is 0.0400. The number of pyridine rings is 1. The van der Waals surface area contributed by atoms with E-state index in [9.17, 15) is 9.18 Å². The maximum Gasteiger partial charge on any atom is 0.261 e. The van der Waals surface area contributed by atoms with Crippen molar-refractivity contribution >= 4 is 28.4 Å². The van der Waals surface area contributed by atoms with Crippen molar-refractivity contribution in [2.24, 2.45) is 0 Å². The Hall–Kier alpha value is -2.66. The Balaban J connectivity index is 1.49. The van der Waals surface area contributed by atoms with Crippen LogP contribution in [0.2, 0.25) is 5.02 Å². The number of likely N-dealkylation sites (tertiary alicyclic amines) is 1. The molecular weight excluding hydrogens is 367 g/mol. The van der Waals surface area contributed by atoms with Crippen LogP contribution in [0.25, 0.3) is 10.9 Å². The van der Waals surface area contributed by atoms with E-state index in [-0.39, 0.29) is 24.4 Å². The largest absolute Gasteiger partial charge is 0.481 e. The van der Waals surface area contributed by atoms with Gasteiger partial charge in [0, 0.05) is 18.1 Å². The van der Waals surface area contributed by atoms with Gasteiger partial charge in [0.25, 0.3) is 5.91 Å². The molecule has 3 aromatic rings. The summed E-state index contributed by atoms with van der Waals surface area (Å²) in [6.07, 6.45) is 3.44. The first-order valence-corrected chi connectivity index (χ1v) is 9.22. The quantitative estimate of drug-likeness (QED) is 0.650. The van der Waals surface area contributed by atoms with Crippen molar-refractivity contribution in [2.75, 3.05) is 13.2 Å². The van der Waals surface area contributed by atoms with Gasteiger partial charge in [-0.25, -0.2) is 4.39 Å². The molecule has 2 heterocycles. The number of benzene rings is 2. The predicted octanol–water partition coefficient (Wildman–Crippen LogP) is 4.77. The number of halogens is 2. The molecule has 0 aliphatic carbocycles. The fourth-order valence-corrected chi connectivity index (χ4v) is 3.76. The van der Waals surface area contributed by atoms with Crippen LogP contribution in [0.1, 0.15) is 24.4 Å². The molecule has 4 rings (SSSR count). The third-order valence-electron chi connectivity index (χ3n) is 4.86. The summed E-state index contributed by atoms with van der Waals surface area (Å²) >= 11 is 6.20. The van der Waals surface area contributed by atoms with Crippen LogP contribution in [0.4, 0.5) is 4.39 Å². The minimum atomic E-state index is -0.278. The van der Waals surface area contributed by atoms with Crippen molar-refractivity contribution in [1.29, 1.82) is 0 Å². The zero-order valence-corrected chi connectivity index (χ0v) is 15.3. The fraction of sp³-hybridized carbons (Fsp3) is 0.238. The van der Waals surface area contributed by atoms with Crippen LogP contribution in [-0.2, 0) is 4.79 Å². The number of rotatable bonds is 4. The molecule has 0 spiro atoms. The number of nitrogens with zero attached hydrogens (tertiary/aromatic N) is 2. The number of hydrogen-bond donors (Lipinski definition) is 0. The van der Waals surface area contributed by atoms with Crippen molar-refractivity contribution in [3.8, 4) is 5.75 Å². The van der Waals surface area contributed by atoms with Gasteiger partial charge >= 0.3 is 0 Å². The van der Waals surface area contributed by atoms with Gasteiger partial charge in [-0.3, -0.25) is 9.78 Å². The molecule has 0 saturated carbocycles. The van der Waals surface area contributed by atoms with Gasteiger partial charge in [0.1, 0.15) is 17.1 Å². The van der Waals surface area contributed by atoms with E-state index in [2.05, 4.69) is 4.98 Å². The van der Waals surface area contributed by atoms with Gasteiger partial charge in [-0.1, -0.05) is 23.7 Å². The highest BCUT2D eigenvalue weighted by Crippen LogP contribution is 2.33. The van der Waals surface area contributed by atoms with Crippen LogP contribution >= 0.6 is 11.6 Å². The van der Waals surface area contributed by atoms with E-state index in [1.165, 1.54) is 12.1 Å². The van der Waals surface area contributed by atoms with Crippen molar-refractivity contribution in [1.82, 2.24) is 9.88 Å². The van der Waals surface area contributed by atoms with Crippen LogP contribution in [0.15, 0.2) is 54.7 Å². The van der Waals surface area contributed by atoms with E-state index >= 15 is 0 Å². The lowest BCUT2D eigenvalue weighted by Crippen LogP contribution is -2.34. The van der Waals surface area contributed by atoms with Crippen molar-refractivity contribution in [2.45, 2.75) is 18.9 Å². The van der Waals surface area contributed by atoms with E-state index in [1.807, 2.05) is 6.07 Å². The highest BCUT2D eigenvalue weighted by molar-refractivity contribution is 6.35. The van der Waals surface area contributed by atoms with E-state index in [0.29, 0.717) is 22.8 Å². The summed E-state index contributed by atoms with van der Waals surface area (Å²) in [5, 5.41) is 1.38. The molecule has 4 nitrogen and oxygen atoms in total. The number of carbonyl (C=O) groups is 1. The van der Waals surface area contributed by atoms with Gasteiger partial charge in [0.2, 0.25) is 0 Å². The molecule has 2 aromatic carbocycles. The minimum Gasteiger partial charge on any atom is -0.481 e. The summed E-state index contributed by atoms with van der Waals surface area (Å²) < 4.78 is 19.0. The molecule has 1 fully saturated rings. The summed E-state index contributed by atoms with van der Waals surface area (Å²) in [5.41, 5.74) is 1.58. The van der Waals surface area contributed by atoms with Crippen LogP contribution in [-0.4, -0.2) is 28.9 Å². The molecule has 1 saturated heterocycles. The van der Waals surface area contributed by atoms with Gasteiger partial charge in [-0.05, 0) is 54.8 Å². The lowest BCUT2D eigenvalue weighted by Gasteiger charge is -2.25. The Morgan fingerprint density at radius 2 is 2.04 bits per heavy atom. The highest BCUT2D eigenvalue weighted by atomic mass is 35.5. The molecule has 0 radical (unpaired) electrons. The molecular formula is C21H18ClFN2O2. The normalized spacial score (nSPS) is 16.7. The van der Waals surface area contributed by atoms with Crippen LogP contribution in [0.3, 0.4) is 0 Å². The Morgan fingerprint density at radius 1 is 1.22 bits per heavy atom. The van der Waals surface area contributed by atoms with E-state index in [4.69, 9.17) is 16.3 Å². The lowest BCUT2D eigenvalue weighted by molar-refractivity contribution is -0.134. The molecule has 1 amide bonds. The predicted molar refractivity (Wildman–Crippen MR) is 102 cm³/mol. The third-order valence-corrected chi connectivity index (χ3v) is 5.19. The zero-order valence-electron chi connectivity index (χ0n) is 14.6. The molecule has 1 aromatic heterocycles. The second-order valence-corrected chi connectivity index (χ2v) is 6.94. The van der Waals surface area contributed by atoms with Gasteiger partial charge in [0.15, 0.2) is 6.61 Å². The monoisotopic (exact) mass is 384 g/mol. The molecule has 0 unspecified atom stereocenters. The number of aromatic nitrogens is 1. The maximum absolute atomic E-state index is 13.2. The number of amides is 1. The SMILES string of the molecule is O=C(COc1ccc(Cl)c2cccnc12)N1CCC[C@H]1c1ccc(F)cc1. The summed E-state index contributed by atoms with van der Waals surface area (Å²) in [4.78, 5) is 18.9. The van der Waals surface area contributed by atoms with Gasteiger partial charge < -0.3 is 9.64 Å². The second-order valence-electron chi connectivity index (χ2n) is 6.53. The molecule has 0 bridgehead atoms. The van der Waals surface area contributed by atoms with Gasteiger partial charge in [-0.15, -0.1) is 0 Å². The number of ether oxygens (including phenoxy) is 1. The summed E-state index contributed by atoms with van der Waals surface area (Å²) in [6.45, 7) is 0.592. The first-order valence-electron chi connectivity index (χ1n) is 8.84. The Labute approximate surface area is 161 Å². The topological polar surface area (TPSA) is 42.4 Å². The number of hydrogen-bond acceptors (Lipinski definition) is 3. The van der Waals surface area contributed by atoms with Crippen LogP contribution in [0.5, 0.6) is 5.75 Å². The van der Waals surface area contributed by atoms with Gasteiger partial charge in [0.05, 0.1) is 11.1 Å². The van der Waals surface area contributed by atoms with Gasteiger partial charge in [-0.2, -0.15) is 0 Å². The number of fused-ring (bicyclic) bond motifs is 1. The van der Waals surface area contributed by atoms with E-state index in [1.54, 1.807) is 41.4 Å². The number of carbonyl (C=O) groups excluding carboxylic acids is 1. The molecule has 138 valence electrons. The zero-order chi connectivity index (χ0) is 18.8. The van der Waals surface area contributed by atoms with E-state index < -0.39 is 0 Å².